The highest BCUT2D eigenvalue weighted by Gasteiger charge is 2.50. The van der Waals surface area contributed by atoms with Crippen molar-refractivity contribution in [2.75, 3.05) is 24.7 Å². The fourth-order valence-electron chi connectivity index (χ4n) is 3.17. The van der Waals surface area contributed by atoms with Crippen LogP contribution < -0.4 is 4.90 Å². The van der Waals surface area contributed by atoms with E-state index in [-0.39, 0.29) is 12.1 Å². The number of hydrogen-bond donors (Lipinski definition) is 1. The minimum atomic E-state index is -1.94. The van der Waals surface area contributed by atoms with Gasteiger partial charge in [0, 0.05) is 24.3 Å². The lowest BCUT2D eigenvalue weighted by Gasteiger charge is -2.22. The number of halogens is 1. The van der Waals surface area contributed by atoms with E-state index in [4.69, 9.17) is 4.74 Å². The van der Waals surface area contributed by atoms with Crippen LogP contribution in [0.15, 0.2) is 48.5 Å². The molecule has 5 nitrogen and oxygen atoms in total. The summed E-state index contributed by atoms with van der Waals surface area (Å²) in [5.41, 5.74) is -0.713. The summed E-state index contributed by atoms with van der Waals surface area (Å²) in [5, 5.41) is 11.1. The normalized spacial score (nSPS) is 18.9. The average Bonchev–Trinajstić information content (AvgIpc) is 2.84. The highest BCUT2D eigenvalue weighted by atomic mass is 19.1. The molecule has 1 aliphatic heterocycles. The van der Waals surface area contributed by atoms with Crippen molar-refractivity contribution < 1.29 is 23.8 Å². The topological polar surface area (TPSA) is 66.8 Å². The maximum absolute atomic E-state index is 13.1. The van der Waals surface area contributed by atoms with Crippen molar-refractivity contribution >= 4 is 17.4 Å². The van der Waals surface area contributed by atoms with Crippen molar-refractivity contribution in [3.05, 3.63) is 65.5 Å². The minimum Gasteiger partial charge on any atom is -0.380 e. The Morgan fingerprint density at radius 3 is 2.58 bits per heavy atom. The highest BCUT2D eigenvalue weighted by Crippen LogP contribution is 2.42. The molecule has 0 saturated carbocycles. The van der Waals surface area contributed by atoms with E-state index in [2.05, 4.69) is 0 Å². The first-order valence-electron chi connectivity index (χ1n) is 8.47. The molecule has 6 heteroatoms. The lowest BCUT2D eigenvalue weighted by atomic mass is 9.88. The van der Waals surface area contributed by atoms with E-state index in [1.807, 2.05) is 6.92 Å². The van der Waals surface area contributed by atoms with Crippen LogP contribution in [-0.4, -0.2) is 36.6 Å². The first kappa shape index (κ1) is 18.2. The maximum Gasteiger partial charge on any atom is 0.264 e. The second-order valence-electron chi connectivity index (χ2n) is 6.14. The van der Waals surface area contributed by atoms with E-state index in [0.29, 0.717) is 24.5 Å². The first-order chi connectivity index (χ1) is 12.5. The van der Waals surface area contributed by atoms with Gasteiger partial charge < -0.3 is 14.7 Å². The maximum atomic E-state index is 13.1. The third kappa shape index (κ3) is 3.25. The Morgan fingerprint density at radius 2 is 1.88 bits per heavy atom. The van der Waals surface area contributed by atoms with Crippen molar-refractivity contribution in [1.29, 1.82) is 0 Å². The van der Waals surface area contributed by atoms with Gasteiger partial charge in [-0.1, -0.05) is 18.2 Å². The summed E-state index contributed by atoms with van der Waals surface area (Å²) < 4.78 is 18.4. The van der Waals surface area contributed by atoms with Crippen LogP contribution in [0.3, 0.4) is 0 Å². The van der Waals surface area contributed by atoms with Gasteiger partial charge in [0.25, 0.3) is 5.91 Å². The summed E-state index contributed by atoms with van der Waals surface area (Å²) in [7, 11) is 0. The van der Waals surface area contributed by atoms with Crippen LogP contribution >= 0.6 is 0 Å². The molecule has 0 bridgehead atoms. The van der Waals surface area contributed by atoms with Gasteiger partial charge in [0.2, 0.25) is 0 Å². The van der Waals surface area contributed by atoms with Crippen molar-refractivity contribution in [3.63, 3.8) is 0 Å². The number of hydrogen-bond acceptors (Lipinski definition) is 4. The predicted octanol–water partition coefficient (Wildman–Crippen LogP) is 2.67. The molecule has 1 atom stereocenters. The van der Waals surface area contributed by atoms with Crippen LogP contribution in [0.4, 0.5) is 10.1 Å². The zero-order valence-electron chi connectivity index (χ0n) is 14.4. The number of rotatable bonds is 7. The molecule has 26 heavy (non-hydrogen) atoms. The monoisotopic (exact) mass is 357 g/mol. The molecule has 1 aliphatic rings. The third-order valence-electron chi connectivity index (χ3n) is 4.49. The summed E-state index contributed by atoms with van der Waals surface area (Å²) in [5.74, 6) is -1.43. The summed E-state index contributed by atoms with van der Waals surface area (Å²) >= 11 is 0. The second kappa shape index (κ2) is 7.35. The summed E-state index contributed by atoms with van der Waals surface area (Å²) in [4.78, 5) is 26.9. The van der Waals surface area contributed by atoms with Crippen LogP contribution in [0.25, 0.3) is 0 Å². The number of ether oxygens (including phenoxy) is 1. The van der Waals surface area contributed by atoms with Crippen molar-refractivity contribution in [2.24, 2.45) is 0 Å². The molecular weight excluding hydrogens is 337 g/mol. The number of Topliss-reactive ketones (excluding diaryl/α,β-unsaturated/α-hetero) is 1. The van der Waals surface area contributed by atoms with Crippen LogP contribution in [0.2, 0.25) is 0 Å². The van der Waals surface area contributed by atoms with Gasteiger partial charge >= 0.3 is 0 Å². The predicted molar refractivity (Wildman–Crippen MR) is 94.5 cm³/mol. The smallest absolute Gasteiger partial charge is 0.264 e. The number of carbonyl (C=O) groups excluding carboxylic acids is 2. The van der Waals surface area contributed by atoms with E-state index in [9.17, 15) is 19.1 Å². The lowest BCUT2D eigenvalue weighted by Crippen LogP contribution is -2.43. The molecule has 2 aromatic carbocycles. The fraction of sp³-hybridized carbons (Fsp3) is 0.300. The summed E-state index contributed by atoms with van der Waals surface area (Å²) in [6.07, 6.45) is -0.403. The molecule has 1 heterocycles. The molecule has 0 aliphatic carbocycles. The molecule has 0 aromatic heterocycles. The quantitative estimate of drug-likeness (QED) is 0.611. The Labute approximate surface area is 151 Å². The molecule has 0 saturated heterocycles. The van der Waals surface area contributed by atoms with E-state index in [0.717, 1.165) is 0 Å². The Hall–Kier alpha value is -2.57. The van der Waals surface area contributed by atoms with E-state index < -0.39 is 29.5 Å². The number of aliphatic hydroxyl groups is 1. The van der Waals surface area contributed by atoms with E-state index in [1.165, 1.54) is 29.2 Å². The Balaban J connectivity index is 1.88. The molecule has 1 amide bonds. The van der Waals surface area contributed by atoms with Crippen LogP contribution in [0, 0.1) is 5.82 Å². The van der Waals surface area contributed by atoms with Gasteiger partial charge in [-0.2, -0.15) is 0 Å². The zero-order valence-corrected chi connectivity index (χ0v) is 14.4. The number of ketones is 1. The standard InChI is InChI=1S/C20H20FNO4/c1-2-26-12-11-22-17-6-4-3-5-16(17)20(25,19(22)24)13-18(23)14-7-9-15(21)10-8-14/h3-10,25H,2,11-13H2,1H3/t20-/m1/s1. The molecule has 0 unspecified atom stereocenters. The first-order valence-corrected chi connectivity index (χ1v) is 8.47. The number of benzene rings is 2. The van der Waals surface area contributed by atoms with Gasteiger partial charge in [-0.3, -0.25) is 9.59 Å². The molecule has 2 aromatic rings. The zero-order chi connectivity index (χ0) is 18.7. The molecule has 0 fully saturated rings. The molecule has 1 N–H and O–H groups in total. The van der Waals surface area contributed by atoms with Gasteiger partial charge in [0.05, 0.1) is 18.7 Å². The fourth-order valence-corrected chi connectivity index (χ4v) is 3.17. The molecule has 0 spiro atoms. The van der Waals surface area contributed by atoms with Gasteiger partial charge in [-0.05, 0) is 37.3 Å². The van der Waals surface area contributed by atoms with Crippen molar-refractivity contribution in [3.8, 4) is 0 Å². The number of para-hydroxylation sites is 1. The molecule has 3 rings (SSSR count). The number of anilines is 1. The number of nitrogens with zero attached hydrogens (tertiary/aromatic N) is 1. The lowest BCUT2D eigenvalue weighted by molar-refractivity contribution is -0.136. The summed E-state index contributed by atoms with van der Waals surface area (Å²) in [6, 6.07) is 11.9. The Bertz CT molecular complexity index is 821. The Morgan fingerprint density at radius 1 is 1.19 bits per heavy atom. The van der Waals surface area contributed by atoms with Gasteiger partial charge in [-0.25, -0.2) is 4.39 Å². The largest absolute Gasteiger partial charge is 0.380 e. The number of amides is 1. The minimum absolute atomic E-state index is 0.248. The SMILES string of the molecule is CCOCCN1C(=O)[C@@](O)(CC(=O)c2ccc(F)cc2)c2ccccc21. The van der Waals surface area contributed by atoms with Gasteiger partial charge in [0.1, 0.15) is 5.82 Å². The Kier molecular flexibility index (Phi) is 5.15. The van der Waals surface area contributed by atoms with Crippen LogP contribution in [0.1, 0.15) is 29.3 Å². The van der Waals surface area contributed by atoms with Gasteiger partial charge in [-0.15, -0.1) is 0 Å². The van der Waals surface area contributed by atoms with E-state index >= 15 is 0 Å². The number of fused-ring (bicyclic) bond motifs is 1. The van der Waals surface area contributed by atoms with Gasteiger partial charge in [0.15, 0.2) is 11.4 Å². The molecule has 136 valence electrons. The van der Waals surface area contributed by atoms with Crippen LogP contribution in [0.5, 0.6) is 0 Å². The molecule has 0 radical (unpaired) electrons. The third-order valence-corrected chi connectivity index (χ3v) is 4.49. The van der Waals surface area contributed by atoms with E-state index in [1.54, 1.807) is 24.3 Å². The molecular formula is C20H20FNO4. The summed E-state index contributed by atoms with van der Waals surface area (Å²) in [6.45, 7) is 3.00. The number of carbonyl (C=O) groups is 2. The highest BCUT2D eigenvalue weighted by molar-refractivity contribution is 6.10. The van der Waals surface area contributed by atoms with Crippen LogP contribution in [-0.2, 0) is 15.1 Å². The van der Waals surface area contributed by atoms with Crippen molar-refractivity contribution in [2.45, 2.75) is 18.9 Å². The second-order valence-corrected chi connectivity index (χ2v) is 6.14. The average molecular weight is 357 g/mol. The van der Waals surface area contributed by atoms with Crippen molar-refractivity contribution in [1.82, 2.24) is 0 Å².